The van der Waals surface area contributed by atoms with E-state index < -0.39 is 12.0 Å². The van der Waals surface area contributed by atoms with Crippen molar-refractivity contribution < 1.29 is 9.90 Å². The molecule has 3 nitrogen and oxygen atoms in total. The van der Waals surface area contributed by atoms with Crippen LogP contribution in [0.15, 0.2) is 48.5 Å². The summed E-state index contributed by atoms with van der Waals surface area (Å²) in [5.41, 5.74) is 1.50. The molecule has 0 aliphatic carbocycles. The minimum Gasteiger partial charge on any atom is -0.480 e. The molecule has 0 aromatic heterocycles. The summed E-state index contributed by atoms with van der Waals surface area (Å²) in [7, 11) is 0. The Balaban J connectivity index is 2.12. The number of carboxylic acids is 1. The maximum atomic E-state index is 11.3. The van der Waals surface area contributed by atoms with Gasteiger partial charge in [-0.05, 0) is 23.3 Å². The maximum Gasteiger partial charge on any atom is 0.325 e. The maximum absolute atomic E-state index is 11.3. The van der Waals surface area contributed by atoms with E-state index in [2.05, 4.69) is 5.32 Å². The predicted octanol–water partition coefficient (Wildman–Crippen LogP) is 3.91. The monoisotopic (exact) mass is 309 g/mol. The quantitative estimate of drug-likeness (QED) is 0.880. The van der Waals surface area contributed by atoms with E-state index in [4.69, 9.17) is 23.2 Å². The standard InChI is InChI=1S/C15H13Cl2NO2/c16-12-7-6-11(13(17)8-12)9-18-14(15(19)20)10-4-2-1-3-5-10/h1-8,14,18H,9H2,(H,19,20). The molecule has 20 heavy (non-hydrogen) atoms. The van der Waals surface area contributed by atoms with Gasteiger partial charge in [-0.1, -0.05) is 59.6 Å². The van der Waals surface area contributed by atoms with Gasteiger partial charge in [-0.3, -0.25) is 10.1 Å². The molecule has 0 amide bonds. The molecule has 1 atom stereocenters. The third kappa shape index (κ3) is 3.73. The molecular weight excluding hydrogens is 297 g/mol. The Morgan fingerprint density at radius 1 is 1.15 bits per heavy atom. The minimum absolute atomic E-state index is 0.349. The number of benzene rings is 2. The Morgan fingerprint density at radius 3 is 2.45 bits per heavy atom. The average molecular weight is 310 g/mol. The lowest BCUT2D eigenvalue weighted by Gasteiger charge is -2.15. The first kappa shape index (κ1) is 14.9. The van der Waals surface area contributed by atoms with Crippen LogP contribution in [0, 0.1) is 0 Å². The summed E-state index contributed by atoms with van der Waals surface area (Å²) in [5.74, 6) is -0.929. The molecular formula is C15H13Cl2NO2. The predicted molar refractivity (Wildman–Crippen MR) is 80.1 cm³/mol. The van der Waals surface area contributed by atoms with Gasteiger partial charge in [-0.25, -0.2) is 0 Å². The third-order valence-corrected chi connectivity index (χ3v) is 3.48. The Hall–Kier alpha value is -1.55. The summed E-state index contributed by atoms with van der Waals surface area (Å²) < 4.78 is 0. The number of hydrogen-bond donors (Lipinski definition) is 2. The van der Waals surface area contributed by atoms with Crippen LogP contribution >= 0.6 is 23.2 Å². The largest absolute Gasteiger partial charge is 0.480 e. The molecule has 0 radical (unpaired) electrons. The molecule has 0 saturated carbocycles. The molecule has 2 rings (SSSR count). The van der Waals surface area contributed by atoms with E-state index in [0.717, 1.165) is 5.56 Å². The van der Waals surface area contributed by atoms with Crippen LogP contribution in [0.25, 0.3) is 0 Å². The van der Waals surface area contributed by atoms with E-state index in [9.17, 15) is 9.90 Å². The highest BCUT2D eigenvalue weighted by Gasteiger charge is 2.19. The van der Waals surface area contributed by atoms with Crippen molar-refractivity contribution in [3.8, 4) is 0 Å². The Kier molecular flexibility index (Phi) is 5.01. The number of aliphatic carboxylic acids is 1. The first-order valence-electron chi connectivity index (χ1n) is 6.03. The Bertz CT molecular complexity index is 602. The average Bonchev–Trinajstić information content (AvgIpc) is 2.42. The molecule has 1 unspecified atom stereocenters. The van der Waals surface area contributed by atoms with Crippen LogP contribution < -0.4 is 5.32 Å². The molecule has 0 aliphatic rings. The van der Waals surface area contributed by atoms with Crippen LogP contribution in [0.5, 0.6) is 0 Å². The fraction of sp³-hybridized carbons (Fsp3) is 0.133. The van der Waals surface area contributed by atoms with E-state index in [1.165, 1.54) is 0 Å². The number of halogens is 2. The number of carbonyl (C=O) groups is 1. The second-order valence-corrected chi connectivity index (χ2v) is 5.14. The first-order chi connectivity index (χ1) is 9.58. The number of hydrogen-bond acceptors (Lipinski definition) is 2. The summed E-state index contributed by atoms with van der Waals surface area (Å²) in [5, 5.41) is 13.4. The van der Waals surface area contributed by atoms with Crippen molar-refractivity contribution in [1.82, 2.24) is 5.32 Å². The topological polar surface area (TPSA) is 49.3 Å². The van der Waals surface area contributed by atoms with E-state index >= 15 is 0 Å². The van der Waals surface area contributed by atoms with Crippen LogP contribution in [-0.4, -0.2) is 11.1 Å². The highest BCUT2D eigenvalue weighted by molar-refractivity contribution is 6.35. The number of nitrogens with one attached hydrogen (secondary N) is 1. The summed E-state index contributed by atoms with van der Waals surface area (Å²) in [4.78, 5) is 11.3. The lowest BCUT2D eigenvalue weighted by Crippen LogP contribution is -2.28. The molecule has 2 N–H and O–H groups in total. The number of rotatable bonds is 5. The van der Waals surface area contributed by atoms with Crippen molar-refractivity contribution >= 4 is 29.2 Å². The zero-order valence-electron chi connectivity index (χ0n) is 10.5. The summed E-state index contributed by atoms with van der Waals surface area (Å²) in [6.07, 6.45) is 0. The van der Waals surface area contributed by atoms with Crippen molar-refractivity contribution in [2.45, 2.75) is 12.6 Å². The highest BCUT2D eigenvalue weighted by atomic mass is 35.5. The molecule has 2 aromatic carbocycles. The Labute approximate surface area is 127 Å². The molecule has 5 heteroatoms. The van der Waals surface area contributed by atoms with Gasteiger partial charge in [0.2, 0.25) is 0 Å². The molecule has 104 valence electrons. The van der Waals surface area contributed by atoms with E-state index in [-0.39, 0.29) is 0 Å². The number of carboxylic acid groups (broad SMARTS) is 1. The lowest BCUT2D eigenvalue weighted by molar-refractivity contribution is -0.139. The van der Waals surface area contributed by atoms with Gasteiger partial charge in [0.15, 0.2) is 0 Å². The van der Waals surface area contributed by atoms with E-state index in [1.807, 2.05) is 18.2 Å². The summed E-state index contributed by atoms with van der Waals surface area (Å²) in [6.45, 7) is 0.349. The van der Waals surface area contributed by atoms with E-state index in [1.54, 1.807) is 30.3 Å². The molecule has 0 aliphatic heterocycles. The van der Waals surface area contributed by atoms with Gasteiger partial charge in [0.05, 0.1) is 0 Å². The van der Waals surface area contributed by atoms with E-state index in [0.29, 0.717) is 22.2 Å². The van der Waals surface area contributed by atoms with Crippen LogP contribution in [0.3, 0.4) is 0 Å². The lowest BCUT2D eigenvalue weighted by atomic mass is 10.1. The van der Waals surface area contributed by atoms with Crippen LogP contribution in [0.2, 0.25) is 10.0 Å². The van der Waals surface area contributed by atoms with Crippen molar-refractivity contribution in [3.63, 3.8) is 0 Å². The second-order valence-electron chi connectivity index (χ2n) is 4.30. The van der Waals surface area contributed by atoms with Crippen molar-refractivity contribution in [2.75, 3.05) is 0 Å². The summed E-state index contributed by atoms with van der Waals surface area (Å²) >= 11 is 11.9. The molecule has 0 fully saturated rings. The van der Waals surface area contributed by atoms with Crippen LogP contribution in [-0.2, 0) is 11.3 Å². The molecule has 0 heterocycles. The molecule has 2 aromatic rings. The van der Waals surface area contributed by atoms with Crippen molar-refractivity contribution in [2.24, 2.45) is 0 Å². The van der Waals surface area contributed by atoms with Gasteiger partial charge in [0, 0.05) is 16.6 Å². The zero-order chi connectivity index (χ0) is 14.5. The van der Waals surface area contributed by atoms with Crippen molar-refractivity contribution in [1.29, 1.82) is 0 Å². The third-order valence-electron chi connectivity index (χ3n) is 2.89. The first-order valence-corrected chi connectivity index (χ1v) is 6.78. The summed E-state index contributed by atoms with van der Waals surface area (Å²) in [6, 6.07) is 13.4. The fourth-order valence-corrected chi connectivity index (χ4v) is 2.35. The van der Waals surface area contributed by atoms with Gasteiger partial charge in [0.1, 0.15) is 6.04 Å². The van der Waals surface area contributed by atoms with Gasteiger partial charge in [-0.2, -0.15) is 0 Å². The van der Waals surface area contributed by atoms with Gasteiger partial charge in [-0.15, -0.1) is 0 Å². The molecule has 0 saturated heterocycles. The zero-order valence-corrected chi connectivity index (χ0v) is 12.0. The van der Waals surface area contributed by atoms with Gasteiger partial charge in [0.25, 0.3) is 0 Å². The molecule has 0 bridgehead atoms. The van der Waals surface area contributed by atoms with Crippen LogP contribution in [0.1, 0.15) is 17.2 Å². The smallest absolute Gasteiger partial charge is 0.325 e. The highest BCUT2D eigenvalue weighted by Crippen LogP contribution is 2.22. The second kappa shape index (κ2) is 6.75. The Morgan fingerprint density at radius 2 is 1.85 bits per heavy atom. The fourth-order valence-electron chi connectivity index (χ4n) is 1.87. The van der Waals surface area contributed by atoms with Crippen LogP contribution in [0.4, 0.5) is 0 Å². The normalized spacial score (nSPS) is 12.1. The van der Waals surface area contributed by atoms with Crippen molar-refractivity contribution in [3.05, 3.63) is 69.7 Å². The van der Waals surface area contributed by atoms with Gasteiger partial charge < -0.3 is 5.11 Å². The SMILES string of the molecule is O=C(O)C(NCc1ccc(Cl)cc1Cl)c1ccccc1. The molecule has 0 spiro atoms. The minimum atomic E-state index is -0.929. The van der Waals surface area contributed by atoms with Gasteiger partial charge >= 0.3 is 5.97 Å².